The summed E-state index contributed by atoms with van der Waals surface area (Å²) in [5.74, 6) is -1.23. The Bertz CT molecular complexity index is 455. The minimum atomic E-state index is -1.41. The lowest BCUT2D eigenvalue weighted by Crippen LogP contribution is -2.24. The number of aromatic carboxylic acids is 1. The zero-order chi connectivity index (χ0) is 13.0. The Kier molecular flexibility index (Phi) is 3.92. The van der Waals surface area contributed by atoms with E-state index in [1.165, 1.54) is 33.3 Å². The number of carbonyl (C=O) groups is 2. The summed E-state index contributed by atoms with van der Waals surface area (Å²) in [6, 6.07) is 2.60. The average molecular weight is 238 g/mol. The van der Waals surface area contributed by atoms with Gasteiger partial charge in [0.25, 0.3) is 0 Å². The van der Waals surface area contributed by atoms with Gasteiger partial charge in [0, 0.05) is 18.6 Å². The molecule has 0 fully saturated rings. The normalized spacial score (nSPS) is 9.59. The highest BCUT2D eigenvalue weighted by Gasteiger charge is 2.12. The van der Waals surface area contributed by atoms with Crippen molar-refractivity contribution in [2.75, 3.05) is 19.5 Å². The number of anilines is 1. The number of carboxylic acid groups (broad SMARTS) is 1. The molecule has 0 heterocycles. The van der Waals surface area contributed by atoms with Crippen LogP contribution >= 0.6 is 0 Å². The van der Waals surface area contributed by atoms with E-state index in [1.54, 1.807) is 0 Å². The second kappa shape index (κ2) is 5.20. The first-order chi connectivity index (χ1) is 7.99. The molecule has 1 N–H and O–H groups in total. The minimum Gasteiger partial charge on any atom is -0.545 e. The number of carboxylic acids is 1. The molecule has 1 aromatic carbocycles. The van der Waals surface area contributed by atoms with Gasteiger partial charge in [0.15, 0.2) is 11.5 Å². The van der Waals surface area contributed by atoms with E-state index >= 15 is 0 Å². The van der Waals surface area contributed by atoms with Crippen LogP contribution in [0.1, 0.15) is 17.3 Å². The smallest absolute Gasteiger partial charge is 0.221 e. The summed E-state index contributed by atoms with van der Waals surface area (Å²) in [5, 5.41) is 13.3. The van der Waals surface area contributed by atoms with Crippen LogP contribution in [-0.2, 0) is 4.79 Å². The van der Waals surface area contributed by atoms with Crippen LogP contribution in [0.3, 0.4) is 0 Å². The van der Waals surface area contributed by atoms with Gasteiger partial charge in [-0.05, 0) is 6.07 Å². The SMILES string of the molecule is COc1cc(NC(C)=O)c(C(=O)[O-])cc1OC. The number of methoxy groups -OCH3 is 2. The molecule has 0 aliphatic carbocycles. The van der Waals surface area contributed by atoms with Gasteiger partial charge < -0.3 is 24.7 Å². The molecule has 6 heteroatoms. The highest BCUT2D eigenvalue weighted by atomic mass is 16.5. The third kappa shape index (κ3) is 2.87. The number of amides is 1. The number of hydrogen-bond acceptors (Lipinski definition) is 5. The van der Waals surface area contributed by atoms with E-state index in [4.69, 9.17) is 9.47 Å². The van der Waals surface area contributed by atoms with E-state index in [0.717, 1.165) is 0 Å². The Morgan fingerprint density at radius 2 is 1.71 bits per heavy atom. The molecule has 0 radical (unpaired) electrons. The van der Waals surface area contributed by atoms with Gasteiger partial charge in [-0.2, -0.15) is 0 Å². The molecule has 0 aliphatic rings. The summed E-state index contributed by atoms with van der Waals surface area (Å²) in [6.45, 7) is 1.27. The lowest BCUT2D eigenvalue weighted by atomic mass is 10.1. The first-order valence-electron chi connectivity index (χ1n) is 4.74. The topological polar surface area (TPSA) is 87.7 Å². The van der Waals surface area contributed by atoms with Gasteiger partial charge in [-0.25, -0.2) is 0 Å². The standard InChI is InChI=1S/C11H13NO5/c1-6(13)12-8-5-10(17-3)9(16-2)4-7(8)11(14)15/h4-5H,1-3H3,(H,12,13)(H,14,15)/p-1. The average Bonchev–Trinajstić information content (AvgIpc) is 2.27. The van der Waals surface area contributed by atoms with Crippen molar-refractivity contribution in [3.8, 4) is 11.5 Å². The molecule has 17 heavy (non-hydrogen) atoms. The zero-order valence-corrected chi connectivity index (χ0v) is 9.70. The molecule has 0 unspecified atom stereocenters. The molecule has 6 nitrogen and oxygen atoms in total. The van der Waals surface area contributed by atoms with Crippen molar-refractivity contribution in [3.05, 3.63) is 17.7 Å². The molecular weight excluding hydrogens is 226 g/mol. The van der Waals surface area contributed by atoms with Crippen molar-refractivity contribution in [1.29, 1.82) is 0 Å². The lowest BCUT2D eigenvalue weighted by molar-refractivity contribution is -0.254. The first kappa shape index (κ1) is 12.8. The quantitative estimate of drug-likeness (QED) is 0.799. The Morgan fingerprint density at radius 1 is 1.18 bits per heavy atom. The van der Waals surface area contributed by atoms with Crippen LogP contribution in [0.2, 0.25) is 0 Å². The van der Waals surface area contributed by atoms with Gasteiger partial charge in [0.2, 0.25) is 5.91 Å². The third-order valence-electron chi connectivity index (χ3n) is 2.05. The van der Waals surface area contributed by atoms with Gasteiger partial charge >= 0.3 is 0 Å². The van der Waals surface area contributed by atoms with Gasteiger partial charge in [0.1, 0.15) is 0 Å². The summed E-state index contributed by atoms with van der Waals surface area (Å²) in [7, 11) is 2.79. The van der Waals surface area contributed by atoms with Gasteiger partial charge in [0.05, 0.1) is 25.9 Å². The van der Waals surface area contributed by atoms with Gasteiger partial charge in [-0.1, -0.05) is 0 Å². The van der Waals surface area contributed by atoms with Crippen LogP contribution in [0.4, 0.5) is 5.69 Å². The van der Waals surface area contributed by atoms with Crippen molar-refractivity contribution in [1.82, 2.24) is 0 Å². The van der Waals surface area contributed by atoms with Crippen LogP contribution in [0.5, 0.6) is 11.5 Å². The molecule has 1 aromatic rings. The van der Waals surface area contributed by atoms with Crippen LogP contribution in [-0.4, -0.2) is 26.1 Å². The van der Waals surface area contributed by atoms with Crippen LogP contribution in [0.25, 0.3) is 0 Å². The lowest BCUT2D eigenvalue weighted by Gasteiger charge is -2.15. The zero-order valence-electron chi connectivity index (χ0n) is 9.70. The van der Waals surface area contributed by atoms with Crippen molar-refractivity contribution < 1.29 is 24.2 Å². The molecule has 0 aliphatic heterocycles. The Morgan fingerprint density at radius 3 is 2.12 bits per heavy atom. The molecule has 0 saturated carbocycles. The number of nitrogens with one attached hydrogen (secondary N) is 1. The fourth-order valence-electron chi connectivity index (χ4n) is 1.34. The molecule has 92 valence electrons. The van der Waals surface area contributed by atoms with Crippen LogP contribution < -0.4 is 19.9 Å². The van der Waals surface area contributed by atoms with E-state index in [-0.39, 0.29) is 22.9 Å². The molecule has 0 saturated heterocycles. The van der Waals surface area contributed by atoms with Crippen molar-refractivity contribution in [2.45, 2.75) is 6.92 Å². The van der Waals surface area contributed by atoms with Crippen molar-refractivity contribution in [3.63, 3.8) is 0 Å². The summed E-state index contributed by atoms with van der Waals surface area (Å²) < 4.78 is 9.96. The molecule has 0 atom stereocenters. The Balaban J connectivity index is 3.34. The van der Waals surface area contributed by atoms with E-state index in [1.807, 2.05) is 0 Å². The molecular formula is C11H12NO5-. The van der Waals surface area contributed by atoms with E-state index in [2.05, 4.69) is 5.32 Å². The second-order valence-electron chi connectivity index (χ2n) is 3.22. The maximum atomic E-state index is 10.9. The van der Waals surface area contributed by atoms with E-state index in [0.29, 0.717) is 5.75 Å². The Labute approximate surface area is 98.2 Å². The second-order valence-corrected chi connectivity index (χ2v) is 3.22. The summed E-state index contributed by atoms with van der Waals surface area (Å²) in [4.78, 5) is 21.9. The maximum absolute atomic E-state index is 10.9. The van der Waals surface area contributed by atoms with Crippen molar-refractivity contribution >= 4 is 17.6 Å². The number of rotatable bonds is 4. The summed E-state index contributed by atoms with van der Waals surface area (Å²) in [5.41, 5.74) is -0.0620. The predicted molar refractivity (Wildman–Crippen MR) is 58.2 cm³/mol. The third-order valence-corrected chi connectivity index (χ3v) is 2.05. The van der Waals surface area contributed by atoms with Crippen LogP contribution in [0.15, 0.2) is 12.1 Å². The molecule has 0 bridgehead atoms. The fourth-order valence-corrected chi connectivity index (χ4v) is 1.34. The monoisotopic (exact) mass is 238 g/mol. The maximum Gasteiger partial charge on any atom is 0.221 e. The highest BCUT2D eigenvalue weighted by molar-refractivity contribution is 6.00. The molecule has 0 spiro atoms. The first-order valence-corrected chi connectivity index (χ1v) is 4.74. The van der Waals surface area contributed by atoms with Gasteiger partial charge in [-0.15, -0.1) is 0 Å². The summed E-state index contributed by atoms with van der Waals surface area (Å²) in [6.07, 6.45) is 0. The number of benzene rings is 1. The fraction of sp³-hybridized carbons (Fsp3) is 0.273. The Hall–Kier alpha value is -2.24. The van der Waals surface area contributed by atoms with E-state index in [9.17, 15) is 14.7 Å². The van der Waals surface area contributed by atoms with Crippen LogP contribution in [0, 0.1) is 0 Å². The molecule has 1 rings (SSSR count). The largest absolute Gasteiger partial charge is 0.545 e. The number of carbonyl (C=O) groups excluding carboxylic acids is 2. The predicted octanol–water partition coefficient (Wildman–Crippen LogP) is 0.0257. The minimum absolute atomic E-state index is 0.107. The highest BCUT2D eigenvalue weighted by Crippen LogP contribution is 2.33. The van der Waals surface area contributed by atoms with Gasteiger partial charge in [-0.3, -0.25) is 4.79 Å². The molecule has 0 aromatic heterocycles. The van der Waals surface area contributed by atoms with Crippen molar-refractivity contribution in [2.24, 2.45) is 0 Å². The number of hydrogen-bond donors (Lipinski definition) is 1. The number of ether oxygens (including phenoxy) is 2. The summed E-state index contributed by atoms with van der Waals surface area (Å²) >= 11 is 0. The van der Waals surface area contributed by atoms with E-state index < -0.39 is 5.97 Å². The molecule has 1 amide bonds.